The maximum Gasteiger partial charge on any atom is 0.114 e. The highest BCUT2D eigenvalue weighted by Crippen LogP contribution is 2.42. The van der Waals surface area contributed by atoms with Gasteiger partial charge in [0, 0.05) is 23.3 Å². The first-order valence-corrected chi connectivity index (χ1v) is 9.13. The highest BCUT2D eigenvalue weighted by Gasteiger charge is 2.42. The first-order chi connectivity index (χ1) is 11.1. The van der Waals surface area contributed by atoms with Gasteiger partial charge in [-0.3, -0.25) is 0 Å². The third-order valence-corrected chi connectivity index (χ3v) is 5.29. The van der Waals surface area contributed by atoms with Crippen LogP contribution < -0.4 is 5.32 Å². The number of benzene rings is 1. The molecule has 1 N–H and O–H groups in total. The Morgan fingerprint density at radius 2 is 2.00 bits per heavy atom. The van der Waals surface area contributed by atoms with Crippen LogP contribution in [-0.2, 0) is 4.74 Å². The zero-order valence-corrected chi connectivity index (χ0v) is 14.9. The van der Waals surface area contributed by atoms with Gasteiger partial charge in [0.05, 0.1) is 0 Å². The Kier molecular flexibility index (Phi) is 5.50. The van der Waals surface area contributed by atoms with Crippen molar-refractivity contribution in [2.45, 2.75) is 43.6 Å². The Morgan fingerprint density at radius 3 is 2.74 bits per heavy atom. The van der Waals surface area contributed by atoms with E-state index in [4.69, 9.17) is 4.74 Å². The standard InChI is InChI=1S/C11H15NO.C9H12S/c1-2-4-10-8(3-1)9-5-6-12-7-11(9)13-10;1-7(2)8-3-5-9(10)6-4-8/h1-2,4,8-9,11-12H,3,5-7H2;3-7,10H,1-2H3. The van der Waals surface area contributed by atoms with Gasteiger partial charge in [0.1, 0.15) is 11.9 Å². The van der Waals surface area contributed by atoms with E-state index < -0.39 is 0 Å². The van der Waals surface area contributed by atoms with Crippen molar-refractivity contribution >= 4 is 12.6 Å². The molecule has 1 aromatic rings. The smallest absolute Gasteiger partial charge is 0.114 e. The van der Waals surface area contributed by atoms with Crippen LogP contribution in [-0.4, -0.2) is 19.2 Å². The lowest BCUT2D eigenvalue weighted by Gasteiger charge is -2.26. The Bertz CT molecular complexity index is 576. The summed E-state index contributed by atoms with van der Waals surface area (Å²) in [5, 5.41) is 3.39. The zero-order valence-electron chi connectivity index (χ0n) is 14.0. The molecule has 0 amide bonds. The Labute approximate surface area is 145 Å². The molecule has 124 valence electrons. The minimum absolute atomic E-state index is 0.449. The second kappa shape index (κ2) is 7.59. The minimum atomic E-state index is 0.449. The lowest BCUT2D eigenvalue weighted by Crippen LogP contribution is -2.39. The first-order valence-electron chi connectivity index (χ1n) is 8.68. The molecule has 23 heavy (non-hydrogen) atoms. The molecule has 2 heterocycles. The molecule has 0 aromatic heterocycles. The molecule has 1 aromatic carbocycles. The molecule has 1 aliphatic carbocycles. The van der Waals surface area contributed by atoms with E-state index >= 15 is 0 Å². The fourth-order valence-electron chi connectivity index (χ4n) is 3.61. The number of hydrogen-bond donors (Lipinski definition) is 2. The minimum Gasteiger partial charge on any atom is -0.493 e. The topological polar surface area (TPSA) is 21.3 Å². The van der Waals surface area contributed by atoms with Crippen LogP contribution >= 0.6 is 12.6 Å². The van der Waals surface area contributed by atoms with Crippen molar-refractivity contribution in [2.75, 3.05) is 13.1 Å². The van der Waals surface area contributed by atoms with Crippen LogP contribution in [0.4, 0.5) is 0 Å². The second-order valence-electron chi connectivity index (χ2n) is 6.90. The van der Waals surface area contributed by atoms with E-state index in [-0.39, 0.29) is 0 Å². The van der Waals surface area contributed by atoms with E-state index in [1.54, 1.807) is 0 Å². The predicted molar refractivity (Wildman–Crippen MR) is 99.0 cm³/mol. The van der Waals surface area contributed by atoms with Crippen molar-refractivity contribution in [3.05, 3.63) is 53.8 Å². The van der Waals surface area contributed by atoms with E-state index in [0.29, 0.717) is 17.9 Å². The van der Waals surface area contributed by atoms with Crippen LogP contribution in [0.15, 0.2) is 53.1 Å². The fraction of sp³-hybridized carbons (Fsp3) is 0.500. The molecule has 3 unspecified atom stereocenters. The summed E-state index contributed by atoms with van der Waals surface area (Å²) in [6, 6.07) is 8.29. The van der Waals surface area contributed by atoms with Gasteiger partial charge in [-0.25, -0.2) is 0 Å². The maximum absolute atomic E-state index is 5.92. The monoisotopic (exact) mass is 329 g/mol. The van der Waals surface area contributed by atoms with Gasteiger partial charge in [-0.2, -0.15) is 0 Å². The van der Waals surface area contributed by atoms with Crippen molar-refractivity contribution < 1.29 is 4.74 Å². The number of thiol groups is 1. The number of rotatable bonds is 1. The molecule has 2 nitrogen and oxygen atoms in total. The van der Waals surface area contributed by atoms with Gasteiger partial charge in [0.15, 0.2) is 0 Å². The van der Waals surface area contributed by atoms with E-state index in [0.717, 1.165) is 23.9 Å². The summed E-state index contributed by atoms with van der Waals surface area (Å²) in [4.78, 5) is 1.03. The van der Waals surface area contributed by atoms with Gasteiger partial charge in [0.25, 0.3) is 0 Å². The highest BCUT2D eigenvalue weighted by molar-refractivity contribution is 7.80. The quantitative estimate of drug-likeness (QED) is 0.737. The molecule has 4 rings (SSSR count). The number of fused-ring (bicyclic) bond motifs is 3. The SMILES string of the molecule is C1=CCC2C(=C1)OC1CNCCC12.CC(C)c1ccc(S)cc1. The predicted octanol–water partition coefficient (Wildman–Crippen LogP) is 4.55. The summed E-state index contributed by atoms with van der Waals surface area (Å²) < 4.78 is 5.92. The average molecular weight is 330 g/mol. The molecule has 2 fully saturated rings. The van der Waals surface area contributed by atoms with Crippen LogP contribution in [0.5, 0.6) is 0 Å². The van der Waals surface area contributed by atoms with Crippen LogP contribution in [0.25, 0.3) is 0 Å². The van der Waals surface area contributed by atoms with Crippen LogP contribution in [0.3, 0.4) is 0 Å². The Hall–Kier alpha value is -1.19. The van der Waals surface area contributed by atoms with Gasteiger partial charge in [0.2, 0.25) is 0 Å². The summed E-state index contributed by atoms with van der Waals surface area (Å²) in [7, 11) is 0. The summed E-state index contributed by atoms with van der Waals surface area (Å²) in [5.41, 5.74) is 1.37. The second-order valence-corrected chi connectivity index (χ2v) is 7.41. The molecule has 2 aliphatic heterocycles. The van der Waals surface area contributed by atoms with Crippen molar-refractivity contribution in [3.8, 4) is 0 Å². The molecule has 0 bridgehead atoms. The van der Waals surface area contributed by atoms with E-state index in [1.165, 1.54) is 24.2 Å². The summed E-state index contributed by atoms with van der Waals surface area (Å²) in [6.45, 7) is 6.58. The van der Waals surface area contributed by atoms with Gasteiger partial charge >= 0.3 is 0 Å². The molecular weight excluding hydrogens is 302 g/mol. The normalized spacial score (nSPS) is 28.2. The maximum atomic E-state index is 5.92. The van der Waals surface area contributed by atoms with Gasteiger partial charge in [-0.1, -0.05) is 38.1 Å². The lowest BCUT2D eigenvalue weighted by molar-refractivity contribution is 0.108. The van der Waals surface area contributed by atoms with Crippen LogP contribution in [0.2, 0.25) is 0 Å². The van der Waals surface area contributed by atoms with E-state index in [1.807, 2.05) is 12.1 Å². The van der Waals surface area contributed by atoms with Crippen molar-refractivity contribution in [3.63, 3.8) is 0 Å². The molecule has 0 radical (unpaired) electrons. The fourth-order valence-corrected chi connectivity index (χ4v) is 3.76. The zero-order chi connectivity index (χ0) is 16.2. The van der Waals surface area contributed by atoms with E-state index in [2.05, 4.69) is 62.2 Å². The van der Waals surface area contributed by atoms with Crippen LogP contribution in [0.1, 0.15) is 38.2 Å². The number of piperidine rings is 1. The average Bonchev–Trinajstić information content (AvgIpc) is 2.94. The number of nitrogens with one attached hydrogen (secondary N) is 1. The van der Waals surface area contributed by atoms with Crippen LogP contribution in [0, 0.1) is 11.8 Å². The van der Waals surface area contributed by atoms with Crippen molar-refractivity contribution in [2.24, 2.45) is 11.8 Å². The van der Waals surface area contributed by atoms with E-state index in [9.17, 15) is 0 Å². The van der Waals surface area contributed by atoms with Crippen molar-refractivity contribution in [1.29, 1.82) is 0 Å². The highest BCUT2D eigenvalue weighted by atomic mass is 32.1. The van der Waals surface area contributed by atoms with Gasteiger partial charge < -0.3 is 10.1 Å². The summed E-state index contributed by atoms with van der Waals surface area (Å²) >= 11 is 4.20. The summed E-state index contributed by atoms with van der Waals surface area (Å²) in [5.74, 6) is 3.32. The lowest BCUT2D eigenvalue weighted by atomic mass is 9.81. The number of hydrogen-bond acceptors (Lipinski definition) is 3. The molecule has 0 saturated carbocycles. The Balaban J connectivity index is 0.000000142. The first kappa shape index (κ1) is 16.7. The summed E-state index contributed by atoms with van der Waals surface area (Å²) in [6.07, 6.45) is 9.45. The molecule has 3 aliphatic rings. The van der Waals surface area contributed by atoms with Gasteiger partial charge in [-0.15, -0.1) is 12.6 Å². The number of allylic oxidation sites excluding steroid dienone is 4. The number of ether oxygens (including phenoxy) is 1. The van der Waals surface area contributed by atoms with Crippen molar-refractivity contribution in [1.82, 2.24) is 5.32 Å². The molecule has 2 saturated heterocycles. The van der Waals surface area contributed by atoms with Gasteiger partial charge in [-0.05, 0) is 49.1 Å². The molecule has 0 spiro atoms. The largest absolute Gasteiger partial charge is 0.493 e. The molecular formula is C20H27NOS. The molecule has 3 atom stereocenters. The molecule has 3 heteroatoms. The third-order valence-electron chi connectivity index (χ3n) is 4.99. The Morgan fingerprint density at radius 1 is 1.22 bits per heavy atom. The third kappa shape index (κ3) is 4.02.